The Bertz CT molecular complexity index is 244. The molecular formula is C15H31N3. The molecule has 2 aliphatic heterocycles. The minimum Gasteiger partial charge on any atom is -0.326 e. The summed E-state index contributed by atoms with van der Waals surface area (Å²) in [5.74, 6) is 0. The highest BCUT2D eigenvalue weighted by atomic mass is 15.3. The number of hydrogen-bond acceptors (Lipinski definition) is 3. The van der Waals surface area contributed by atoms with Gasteiger partial charge in [0.2, 0.25) is 0 Å². The molecule has 2 fully saturated rings. The molecule has 2 heterocycles. The van der Waals surface area contributed by atoms with Gasteiger partial charge in [0.15, 0.2) is 0 Å². The zero-order chi connectivity index (χ0) is 13.0. The van der Waals surface area contributed by atoms with Gasteiger partial charge in [0, 0.05) is 24.7 Å². The molecule has 2 saturated heterocycles. The Kier molecular flexibility index (Phi) is 5.46. The molecule has 0 aromatic heterocycles. The molecule has 2 N–H and O–H groups in total. The van der Waals surface area contributed by atoms with Crippen molar-refractivity contribution in [3.05, 3.63) is 0 Å². The van der Waals surface area contributed by atoms with Crippen molar-refractivity contribution in [2.75, 3.05) is 26.2 Å². The first-order valence-corrected chi connectivity index (χ1v) is 8.00. The summed E-state index contributed by atoms with van der Waals surface area (Å²) >= 11 is 0. The molecule has 3 heteroatoms. The molecule has 0 spiro atoms. The monoisotopic (exact) mass is 253 g/mol. The standard InChI is InChI=1S/C15H31N3/c1-3-7-14(16)15(4-2)18-11-6-10-17-9-5-8-13(17)12-18/h13-15H,3-12,16H2,1-2H3. The van der Waals surface area contributed by atoms with E-state index in [9.17, 15) is 0 Å². The summed E-state index contributed by atoms with van der Waals surface area (Å²) in [6.45, 7) is 9.70. The van der Waals surface area contributed by atoms with Crippen LogP contribution in [0, 0.1) is 0 Å². The average Bonchev–Trinajstić information content (AvgIpc) is 2.69. The predicted octanol–water partition coefficient (Wildman–Crippen LogP) is 2.06. The van der Waals surface area contributed by atoms with Crippen LogP contribution in [-0.2, 0) is 0 Å². The summed E-state index contributed by atoms with van der Waals surface area (Å²) in [6.07, 6.45) is 7.70. The normalized spacial score (nSPS) is 29.8. The zero-order valence-corrected chi connectivity index (χ0v) is 12.3. The lowest BCUT2D eigenvalue weighted by molar-refractivity contribution is 0.145. The highest BCUT2D eigenvalue weighted by Gasteiger charge is 2.32. The molecule has 3 nitrogen and oxygen atoms in total. The SMILES string of the molecule is CCCC(N)C(CC)N1CCCN2CCCC2C1. The largest absolute Gasteiger partial charge is 0.326 e. The van der Waals surface area contributed by atoms with Gasteiger partial charge in [0.25, 0.3) is 0 Å². The van der Waals surface area contributed by atoms with Crippen molar-refractivity contribution >= 4 is 0 Å². The second-order valence-corrected chi connectivity index (χ2v) is 6.11. The molecule has 0 amide bonds. The minimum atomic E-state index is 0.368. The lowest BCUT2D eigenvalue weighted by Crippen LogP contribution is -2.50. The van der Waals surface area contributed by atoms with Gasteiger partial charge in [-0.3, -0.25) is 9.80 Å². The molecule has 0 radical (unpaired) electrons. The fourth-order valence-electron chi connectivity index (χ4n) is 3.89. The third-order valence-electron chi connectivity index (χ3n) is 4.84. The third kappa shape index (κ3) is 3.25. The zero-order valence-electron chi connectivity index (χ0n) is 12.3. The van der Waals surface area contributed by atoms with E-state index in [0.29, 0.717) is 12.1 Å². The molecule has 3 unspecified atom stereocenters. The summed E-state index contributed by atoms with van der Waals surface area (Å²) < 4.78 is 0. The maximum atomic E-state index is 6.40. The number of nitrogens with zero attached hydrogens (tertiary/aromatic N) is 2. The van der Waals surface area contributed by atoms with Crippen LogP contribution in [0.1, 0.15) is 52.4 Å². The molecule has 2 rings (SSSR count). The van der Waals surface area contributed by atoms with Crippen molar-refractivity contribution in [1.82, 2.24) is 9.80 Å². The molecule has 0 aliphatic carbocycles. The van der Waals surface area contributed by atoms with E-state index in [4.69, 9.17) is 5.73 Å². The molecule has 0 aromatic carbocycles. The second kappa shape index (κ2) is 6.88. The van der Waals surface area contributed by atoms with Gasteiger partial charge in [-0.1, -0.05) is 20.3 Å². The van der Waals surface area contributed by atoms with E-state index < -0.39 is 0 Å². The van der Waals surface area contributed by atoms with Gasteiger partial charge in [0.1, 0.15) is 0 Å². The molecule has 18 heavy (non-hydrogen) atoms. The molecule has 106 valence electrons. The number of rotatable bonds is 5. The molecule has 0 bridgehead atoms. The van der Waals surface area contributed by atoms with Crippen molar-refractivity contribution in [3.8, 4) is 0 Å². The quantitative estimate of drug-likeness (QED) is 0.814. The van der Waals surface area contributed by atoms with Crippen LogP contribution in [0.25, 0.3) is 0 Å². The summed E-state index contributed by atoms with van der Waals surface area (Å²) in [4.78, 5) is 5.41. The summed E-state index contributed by atoms with van der Waals surface area (Å²) in [5, 5.41) is 0. The molecule has 3 atom stereocenters. The number of fused-ring (bicyclic) bond motifs is 1. The lowest BCUT2D eigenvalue weighted by atomic mass is 9.99. The van der Waals surface area contributed by atoms with Crippen molar-refractivity contribution in [3.63, 3.8) is 0 Å². The van der Waals surface area contributed by atoms with Gasteiger partial charge < -0.3 is 5.73 Å². The first-order chi connectivity index (χ1) is 8.76. The fraction of sp³-hybridized carbons (Fsp3) is 1.00. The predicted molar refractivity (Wildman–Crippen MR) is 77.7 cm³/mol. The van der Waals surface area contributed by atoms with E-state index in [1.807, 2.05) is 0 Å². The van der Waals surface area contributed by atoms with E-state index >= 15 is 0 Å². The Balaban J connectivity index is 1.96. The van der Waals surface area contributed by atoms with Crippen LogP contribution in [0.3, 0.4) is 0 Å². The fourth-order valence-corrected chi connectivity index (χ4v) is 3.89. The molecule has 2 aliphatic rings. The van der Waals surface area contributed by atoms with Crippen LogP contribution < -0.4 is 5.73 Å². The van der Waals surface area contributed by atoms with Gasteiger partial charge in [-0.05, 0) is 51.7 Å². The highest BCUT2D eigenvalue weighted by Crippen LogP contribution is 2.24. The molecule has 0 saturated carbocycles. The minimum absolute atomic E-state index is 0.368. The van der Waals surface area contributed by atoms with Crippen molar-refractivity contribution in [2.45, 2.75) is 70.5 Å². The smallest absolute Gasteiger partial charge is 0.0245 e. The Morgan fingerprint density at radius 2 is 1.94 bits per heavy atom. The lowest BCUT2D eigenvalue weighted by Gasteiger charge is -2.35. The first kappa shape index (κ1) is 14.3. The third-order valence-corrected chi connectivity index (χ3v) is 4.84. The number of nitrogens with two attached hydrogens (primary N) is 1. The van der Waals surface area contributed by atoms with Crippen molar-refractivity contribution in [2.24, 2.45) is 5.73 Å². The van der Waals surface area contributed by atoms with E-state index in [2.05, 4.69) is 23.6 Å². The van der Waals surface area contributed by atoms with Crippen molar-refractivity contribution in [1.29, 1.82) is 0 Å². The van der Waals surface area contributed by atoms with Crippen LogP contribution in [0.15, 0.2) is 0 Å². The van der Waals surface area contributed by atoms with Crippen LogP contribution in [-0.4, -0.2) is 54.1 Å². The Hall–Kier alpha value is -0.120. The summed E-state index contributed by atoms with van der Waals surface area (Å²) in [7, 11) is 0. The summed E-state index contributed by atoms with van der Waals surface area (Å²) in [6, 6.07) is 1.79. The van der Waals surface area contributed by atoms with Gasteiger partial charge in [-0.25, -0.2) is 0 Å². The topological polar surface area (TPSA) is 32.5 Å². The Morgan fingerprint density at radius 1 is 1.17 bits per heavy atom. The number of hydrogen-bond donors (Lipinski definition) is 1. The Morgan fingerprint density at radius 3 is 2.67 bits per heavy atom. The van der Waals surface area contributed by atoms with Gasteiger partial charge in [-0.15, -0.1) is 0 Å². The maximum absolute atomic E-state index is 6.40. The van der Waals surface area contributed by atoms with E-state index in [0.717, 1.165) is 6.04 Å². The highest BCUT2D eigenvalue weighted by molar-refractivity contribution is 4.89. The summed E-state index contributed by atoms with van der Waals surface area (Å²) in [5.41, 5.74) is 6.40. The van der Waals surface area contributed by atoms with E-state index in [1.54, 1.807) is 0 Å². The van der Waals surface area contributed by atoms with E-state index in [-0.39, 0.29) is 0 Å². The van der Waals surface area contributed by atoms with Crippen LogP contribution in [0.2, 0.25) is 0 Å². The second-order valence-electron chi connectivity index (χ2n) is 6.11. The molecule has 0 aromatic rings. The first-order valence-electron chi connectivity index (χ1n) is 8.00. The van der Waals surface area contributed by atoms with E-state index in [1.165, 1.54) is 64.7 Å². The van der Waals surface area contributed by atoms with Gasteiger partial charge >= 0.3 is 0 Å². The van der Waals surface area contributed by atoms with Crippen LogP contribution in [0.5, 0.6) is 0 Å². The Labute approximate surface area is 113 Å². The van der Waals surface area contributed by atoms with Gasteiger partial charge in [-0.2, -0.15) is 0 Å². The van der Waals surface area contributed by atoms with Crippen LogP contribution in [0.4, 0.5) is 0 Å². The van der Waals surface area contributed by atoms with Crippen molar-refractivity contribution < 1.29 is 0 Å². The van der Waals surface area contributed by atoms with Crippen LogP contribution >= 0.6 is 0 Å². The average molecular weight is 253 g/mol. The van der Waals surface area contributed by atoms with Gasteiger partial charge in [0.05, 0.1) is 0 Å². The molecular weight excluding hydrogens is 222 g/mol. The maximum Gasteiger partial charge on any atom is 0.0245 e.